The Morgan fingerprint density at radius 1 is 1.05 bits per heavy atom. The molecule has 58 heavy (non-hydrogen) atoms. The summed E-state index contributed by atoms with van der Waals surface area (Å²) in [4.78, 5) is 79.2. The van der Waals surface area contributed by atoms with Gasteiger partial charge in [-0.3, -0.25) is 19.5 Å². The van der Waals surface area contributed by atoms with Gasteiger partial charge in [-0.15, -0.1) is 15.6 Å². The van der Waals surface area contributed by atoms with E-state index in [1.165, 1.54) is 35.5 Å². The Morgan fingerprint density at radius 3 is 2.33 bits per heavy atom. The van der Waals surface area contributed by atoms with Crippen molar-refractivity contribution in [3.05, 3.63) is 29.3 Å². The third kappa shape index (κ3) is 11.2. The average molecular weight is 871 g/mol. The number of carboxylic acid groups (broad SMARTS) is 1. The van der Waals surface area contributed by atoms with Gasteiger partial charge in [0.2, 0.25) is 0 Å². The number of thiazole rings is 2. The van der Waals surface area contributed by atoms with Crippen LogP contribution in [0.5, 0.6) is 5.75 Å². The Labute approximate surface area is 339 Å². The Bertz CT molecular complexity index is 2220. The highest BCUT2D eigenvalue weighted by atomic mass is 32.3. The van der Waals surface area contributed by atoms with Crippen molar-refractivity contribution in [2.24, 2.45) is 5.16 Å². The number of hydroxylamine groups is 2. The Morgan fingerprint density at radius 2 is 1.72 bits per heavy atom. The van der Waals surface area contributed by atoms with E-state index < -0.39 is 81.6 Å². The number of oxime groups is 1. The number of fused-ring (bicyclic) bond motifs is 1. The number of carbonyl (C=O) groups is 5. The Balaban J connectivity index is 1.38. The SMILES string of the molecule is CC(C)(C)OC(=O)Nc1nc(/C(=N/OC(COc2ccc3nc(NC4CN(C(=O)O)C4)sc3c2)C(=O)OC(C)(C)C)C(=O)NC2C(=O)N(OS(=O)(=O)O)C2(C)C)cs1. The van der Waals surface area contributed by atoms with Gasteiger partial charge in [-0.05, 0) is 73.6 Å². The van der Waals surface area contributed by atoms with Crippen LogP contribution in [0, 0.1) is 0 Å². The number of likely N-dealkylation sites (tertiary alicyclic amines) is 1. The van der Waals surface area contributed by atoms with Crippen molar-refractivity contribution in [3.63, 3.8) is 0 Å². The fourth-order valence-corrected chi connectivity index (χ4v) is 7.32. The van der Waals surface area contributed by atoms with Crippen LogP contribution in [0.4, 0.5) is 19.9 Å². The van der Waals surface area contributed by atoms with E-state index in [0.717, 1.165) is 16.0 Å². The van der Waals surface area contributed by atoms with Gasteiger partial charge in [-0.25, -0.2) is 24.4 Å². The van der Waals surface area contributed by atoms with Gasteiger partial charge in [-0.2, -0.15) is 13.5 Å². The van der Waals surface area contributed by atoms with E-state index in [-0.39, 0.29) is 16.9 Å². The molecule has 0 radical (unpaired) electrons. The van der Waals surface area contributed by atoms with Crippen LogP contribution in [0.15, 0.2) is 28.7 Å². The van der Waals surface area contributed by atoms with E-state index in [2.05, 4.69) is 35.4 Å². The van der Waals surface area contributed by atoms with Crippen LogP contribution in [0.3, 0.4) is 0 Å². The molecule has 25 heteroatoms. The van der Waals surface area contributed by atoms with Crippen LogP contribution in [0.25, 0.3) is 10.2 Å². The molecule has 316 valence electrons. The first kappa shape index (κ1) is 43.7. The summed E-state index contributed by atoms with van der Waals surface area (Å²) in [5.74, 6) is -2.72. The van der Waals surface area contributed by atoms with E-state index in [4.69, 9.17) is 28.7 Å². The quantitative estimate of drug-likeness (QED) is 0.0511. The molecule has 0 saturated carbocycles. The molecule has 4 amide bonds. The molecule has 1 aromatic carbocycles. The molecule has 2 aromatic heterocycles. The molecular weight excluding hydrogens is 829 g/mol. The van der Waals surface area contributed by atoms with E-state index >= 15 is 0 Å². The predicted molar refractivity (Wildman–Crippen MR) is 207 cm³/mol. The summed E-state index contributed by atoms with van der Waals surface area (Å²) in [7, 11) is -5.08. The minimum Gasteiger partial charge on any atom is -0.489 e. The predicted octanol–water partition coefficient (Wildman–Crippen LogP) is 3.22. The average Bonchev–Trinajstić information content (AvgIpc) is 3.69. The monoisotopic (exact) mass is 870 g/mol. The minimum atomic E-state index is -5.08. The third-order valence-corrected chi connectivity index (χ3v) is 9.92. The van der Waals surface area contributed by atoms with Crippen LogP contribution < -0.4 is 20.7 Å². The van der Waals surface area contributed by atoms with Crippen LogP contribution in [-0.4, -0.2) is 128 Å². The number of aromatic nitrogens is 2. The van der Waals surface area contributed by atoms with Crippen LogP contribution in [-0.2, 0) is 43.4 Å². The van der Waals surface area contributed by atoms with Crippen molar-refractivity contribution in [3.8, 4) is 5.75 Å². The summed E-state index contributed by atoms with van der Waals surface area (Å²) in [5, 5.41) is 23.4. The van der Waals surface area contributed by atoms with Gasteiger partial charge in [0.1, 0.15) is 35.3 Å². The fraction of sp³-hybridized carbons (Fsp3) is 0.515. The summed E-state index contributed by atoms with van der Waals surface area (Å²) in [5.41, 5.74) is -3.44. The van der Waals surface area contributed by atoms with Crippen molar-refractivity contribution < 1.29 is 65.4 Å². The van der Waals surface area contributed by atoms with Crippen molar-refractivity contribution in [1.29, 1.82) is 0 Å². The number of β-lactam (4-membered cyclic amide) rings is 1. The second-order valence-electron chi connectivity index (χ2n) is 15.4. The van der Waals surface area contributed by atoms with Crippen molar-refractivity contribution in [1.82, 2.24) is 25.2 Å². The second kappa shape index (κ2) is 16.5. The van der Waals surface area contributed by atoms with Crippen molar-refractivity contribution in [2.75, 3.05) is 30.3 Å². The number of nitrogens with zero attached hydrogens (tertiary/aromatic N) is 5. The smallest absolute Gasteiger partial charge is 0.418 e. The number of amides is 4. The highest BCUT2D eigenvalue weighted by molar-refractivity contribution is 7.80. The highest BCUT2D eigenvalue weighted by Gasteiger charge is 2.58. The van der Waals surface area contributed by atoms with E-state index in [0.29, 0.717) is 34.6 Å². The molecule has 4 heterocycles. The molecule has 5 N–H and O–H groups in total. The Kier molecular flexibility index (Phi) is 12.4. The van der Waals surface area contributed by atoms with Crippen molar-refractivity contribution >= 4 is 89.2 Å². The zero-order chi connectivity index (χ0) is 43.0. The lowest BCUT2D eigenvalue weighted by Crippen LogP contribution is -2.76. The molecule has 2 saturated heterocycles. The third-order valence-electron chi connectivity index (χ3n) is 7.87. The number of esters is 1. The summed E-state index contributed by atoms with van der Waals surface area (Å²) in [6, 6.07) is 3.49. The maximum absolute atomic E-state index is 13.8. The zero-order valence-electron chi connectivity index (χ0n) is 32.4. The second-order valence-corrected chi connectivity index (χ2v) is 18.3. The van der Waals surface area contributed by atoms with Crippen LogP contribution in [0.2, 0.25) is 0 Å². The standard InChI is InChI=1S/C33H42N8O14S3/c1-31(2,3)52-26(44)20(14-51-17-9-10-18-21(11-17)57-28(35-18)34-16-12-40(13-16)30(46)47)54-39-22(19-15-56-27(36-19)38-29(45)53-32(4,5)6)24(42)37-23-25(43)41(33(23,7)8)55-58(48,49)50/h9-11,15-16,20,23H,12-14H2,1-8H3,(H,34,35)(H,37,42)(H,46,47)(H,36,38,45)(H,48,49,50)/b39-22-. The molecule has 2 aliphatic heterocycles. The molecule has 2 aliphatic rings. The van der Waals surface area contributed by atoms with E-state index in [1.807, 2.05) is 0 Å². The number of hydrogen-bond acceptors (Lipinski definition) is 18. The van der Waals surface area contributed by atoms with E-state index in [1.54, 1.807) is 59.7 Å². The molecule has 2 atom stereocenters. The van der Waals surface area contributed by atoms with Crippen molar-refractivity contribution in [2.45, 2.75) is 90.3 Å². The van der Waals surface area contributed by atoms with Gasteiger partial charge in [0, 0.05) is 18.5 Å². The van der Waals surface area contributed by atoms with Gasteiger partial charge in [0.25, 0.3) is 17.9 Å². The van der Waals surface area contributed by atoms with Gasteiger partial charge >= 0.3 is 28.6 Å². The van der Waals surface area contributed by atoms with Crippen LogP contribution in [0.1, 0.15) is 61.1 Å². The maximum atomic E-state index is 13.8. The largest absolute Gasteiger partial charge is 0.489 e. The first-order valence-electron chi connectivity index (χ1n) is 17.3. The number of ether oxygens (including phenoxy) is 3. The number of nitrogens with one attached hydrogen (secondary N) is 3. The van der Waals surface area contributed by atoms with Gasteiger partial charge in [0.05, 0.1) is 21.8 Å². The lowest BCUT2D eigenvalue weighted by molar-refractivity contribution is -0.218. The molecule has 22 nitrogen and oxygen atoms in total. The fourth-order valence-electron chi connectivity index (χ4n) is 5.21. The number of anilines is 2. The van der Waals surface area contributed by atoms with Gasteiger partial charge in [-0.1, -0.05) is 16.5 Å². The molecule has 0 spiro atoms. The van der Waals surface area contributed by atoms with Gasteiger partial charge in [0.15, 0.2) is 16.0 Å². The highest BCUT2D eigenvalue weighted by Crippen LogP contribution is 2.33. The molecule has 5 rings (SSSR count). The summed E-state index contributed by atoms with van der Waals surface area (Å²) >= 11 is 2.19. The molecule has 0 aliphatic carbocycles. The summed E-state index contributed by atoms with van der Waals surface area (Å²) in [6.45, 7) is 12.7. The molecular formula is C33H42N8O14S3. The first-order valence-corrected chi connectivity index (χ1v) is 20.4. The molecule has 3 aromatic rings. The number of hydrogen-bond donors (Lipinski definition) is 5. The minimum absolute atomic E-state index is 0.0173. The first-order chi connectivity index (χ1) is 26.8. The maximum Gasteiger partial charge on any atom is 0.418 e. The number of benzene rings is 1. The lowest BCUT2D eigenvalue weighted by atomic mass is 9.84. The summed E-state index contributed by atoms with van der Waals surface area (Å²) < 4.78 is 53.5. The Hall–Kier alpha value is -5.37. The topological polar surface area (TPSA) is 287 Å². The number of rotatable bonds is 14. The lowest BCUT2D eigenvalue weighted by Gasteiger charge is -2.50. The molecule has 2 unspecified atom stereocenters. The van der Waals surface area contributed by atoms with Crippen LogP contribution >= 0.6 is 22.7 Å². The summed E-state index contributed by atoms with van der Waals surface area (Å²) in [6.07, 6.45) is -3.43. The molecule has 0 bridgehead atoms. The zero-order valence-corrected chi connectivity index (χ0v) is 34.9. The van der Waals surface area contributed by atoms with E-state index in [9.17, 15) is 32.4 Å². The normalized spacial score (nSPS) is 17.8. The van der Waals surface area contributed by atoms with Gasteiger partial charge < -0.3 is 39.7 Å². The number of carbonyl (C=O) groups excluding carboxylic acids is 4. The molecule has 2 fully saturated rings.